The maximum Gasteiger partial charge on any atom is 0.223 e. The third kappa shape index (κ3) is 5.07. The van der Waals surface area contributed by atoms with Crippen molar-refractivity contribution in [1.82, 2.24) is 10.6 Å². The minimum Gasteiger partial charge on any atom is -0.356 e. The third-order valence-electron chi connectivity index (χ3n) is 5.58. The van der Waals surface area contributed by atoms with Crippen molar-refractivity contribution in [3.8, 4) is 0 Å². The molecular weight excluding hydrogens is 312 g/mol. The minimum atomic E-state index is 0.105. The number of hydrogen-bond acceptors (Lipinski definition) is 2. The molecule has 0 bridgehead atoms. The fourth-order valence-corrected chi connectivity index (χ4v) is 3.76. The fourth-order valence-electron chi connectivity index (χ4n) is 3.76. The lowest BCUT2D eigenvalue weighted by Gasteiger charge is -2.28. The number of nitrogens with one attached hydrogen (secondary N) is 2. The highest BCUT2D eigenvalue weighted by molar-refractivity contribution is 5.81. The van der Waals surface area contributed by atoms with Gasteiger partial charge in [-0.3, -0.25) is 9.59 Å². The second-order valence-corrected chi connectivity index (χ2v) is 7.80. The molecule has 0 aliphatic heterocycles. The topological polar surface area (TPSA) is 58.2 Å². The van der Waals surface area contributed by atoms with Crippen molar-refractivity contribution < 1.29 is 9.59 Å². The lowest BCUT2D eigenvalue weighted by molar-refractivity contribution is -0.126. The van der Waals surface area contributed by atoms with Crippen LogP contribution in [0.5, 0.6) is 0 Å². The molecular formula is C21H30N2O2. The van der Waals surface area contributed by atoms with E-state index >= 15 is 0 Å². The highest BCUT2D eigenvalue weighted by atomic mass is 16.2. The van der Waals surface area contributed by atoms with Gasteiger partial charge in [0.05, 0.1) is 0 Å². The number of aryl methyl sites for hydroxylation is 2. The molecule has 0 spiro atoms. The van der Waals surface area contributed by atoms with Gasteiger partial charge < -0.3 is 10.6 Å². The van der Waals surface area contributed by atoms with E-state index in [0.717, 1.165) is 44.9 Å². The van der Waals surface area contributed by atoms with Gasteiger partial charge in [0.2, 0.25) is 11.8 Å². The Bertz CT molecular complexity index is 629. The number of carbonyl (C=O) groups is 2. The van der Waals surface area contributed by atoms with E-state index in [1.54, 1.807) is 0 Å². The summed E-state index contributed by atoms with van der Waals surface area (Å²) < 4.78 is 0. The highest BCUT2D eigenvalue weighted by Crippen LogP contribution is 2.30. The van der Waals surface area contributed by atoms with E-state index in [1.807, 2.05) is 0 Å². The van der Waals surface area contributed by atoms with Crippen LogP contribution in [-0.4, -0.2) is 24.4 Å². The quantitative estimate of drug-likeness (QED) is 0.835. The van der Waals surface area contributed by atoms with Crippen LogP contribution in [0.1, 0.15) is 55.2 Å². The van der Waals surface area contributed by atoms with Gasteiger partial charge in [0.1, 0.15) is 0 Å². The zero-order chi connectivity index (χ0) is 17.8. The first-order chi connectivity index (χ1) is 12.0. The lowest BCUT2D eigenvalue weighted by atomic mass is 9.85. The molecule has 0 radical (unpaired) electrons. The van der Waals surface area contributed by atoms with Crippen molar-refractivity contribution in [2.24, 2.45) is 11.8 Å². The number of hydrogen-bond donors (Lipinski definition) is 2. The van der Waals surface area contributed by atoms with Crippen LogP contribution in [0.25, 0.3) is 0 Å². The van der Waals surface area contributed by atoms with Crippen molar-refractivity contribution >= 4 is 11.8 Å². The molecule has 25 heavy (non-hydrogen) atoms. The van der Waals surface area contributed by atoms with Crippen molar-refractivity contribution in [3.63, 3.8) is 0 Å². The maximum atomic E-state index is 12.4. The van der Waals surface area contributed by atoms with E-state index < -0.39 is 0 Å². The molecule has 0 atom stereocenters. The summed E-state index contributed by atoms with van der Waals surface area (Å²) in [7, 11) is 0. The predicted molar refractivity (Wildman–Crippen MR) is 99.2 cm³/mol. The summed E-state index contributed by atoms with van der Waals surface area (Å²) in [6.45, 7) is 4.92. The normalized spacial score (nSPS) is 23.1. The predicted octanol–water partition coefficient (Wildman–Crippen LogP) is 3.05. The zero-order valence-corrected chi connectivity index (χ0v) is 15.4. The molecule has 0 unspecified atom stereocenters. The summed E-state index contributed by atoms with van der Waals surface area (Å²) in [5.41, 5.74) is 3.87. The highest BCUT2D eigenvalue weighted by Gasteiger charge is 2.33. The fraction of sp³-hybridized carbons (Fsp3) is 0.619. The molecule has 2 aliphatic rings. The minimum absolute atomic E-state index is 0.105. The Morgan fingerprint density at radius 2 is 1.60 bits per heavy atom. The Morgan fingerprint density at radius 1 is 0.960 bits per heavy atom. The average molecular weight is 342 g/mol. The Kier molecular flexibility index (Phi) is 5.77. The first-order valence-corrected chi connectivity index (χ1v) is 9.67. The number of amides is 2. The first kappa shape index (κ1) is 18.0. The van der Waals surface area contributed by atoms with Gasteiger partial charge in [0.15, 0.2) is 0 Å². The van der Waals surface area contributed by atoms with Gasteiger partial charge in [-0.1, -0.05) is 23.8 Å². The molecule has 2 fully saturated rings. The zero-order valence-electron chi connectivity index (χ0n) is 15.4. The summed E-state index contributed by atoms with van der Waals surface area (Å²) in [6, 6.07) is 6.74. The molecule has 3 rings (SSSR count). The van der Waals surface area contributed by atoms with Crippen LogP contribution in [0.4, 0.5) is 0 Å². The number of benzene rings is 1. The summed E-state index contributed by atoms with van der Waals surface area (Å²) in [5.74, 6) is 0.776. The molecule has 4 nitrogen and oxygen atoms in total. The molecule has 0 aromatic heterocycles. The molecule has 1 aromatic carbocycles. The Hall–Kier alpha value is -1.84. The molecule has 1 aromatic rings. The maximum absolute atomic E-state index is 12.4. The molecule has 0 heterocycles. The SMILES string of the molecule is Cc1ccc(CCNC(=O)C2CCC(NC(=O)C3CC3)CC2)c(C)c1. The van der Waals surface area contributed by atoms with E-state index in [9.17, 15) is 9.59 Å². The van der Waals surface area contributed by atoms with Crippen LogP contribution >= 0.6 is 0 Å². The van der Waals surface area contributed by atoms with E-state index in [4.69, 9.17) is 0 Å². The number of carbonyl (C=O) groups excluding carboxylic acids is 2. The van der Waals surface area contributed by atoms with Crippen molar-refractivity contribution in [2.75, 3.05) is 6.54 Å². The van der Waals surface area contributed by atoms with Gasteiger partial charge in [-0.25, -0.2) is 0 Å². The largest absolute Gasteiger partial charge is 0.356 e. The average Bonchev–Trinajstić information content (AvgIpc) is 3.42. The summed E-state index contributed by atoms with van der Waals surface area (Å²) in [4.78, 5) is 24.2. The summed E-state index contributed by atoms with van der Waals surface area (Å²) in [5, 5.41) is 6.25. The molecule has 136 valence electrons. The van der Waals surface area contributed by atoms with Crippen LogP contribution in [0.2, 0.25) is 0 Å². The van der Waals surface area contributed by atoms with Gasteiger partial charge in [-0.2, -0.15) is 0 Å². The molecule has 0 saturated heterocycles. The van der Waals surface area contributed by atoms with Crippen molar-refractivity contribution in [3.05, 3.63) is 34.9 Å². The molecule has 2 aliphatic carbocycles. The summed E-state index contributed by atoms with van der Waals surface area (Å²) >= 11 is 0. The summed E-state index contributed by atoms with van der Waals surface area (Å²) in [6.07, 6.45) is 6.58. The van der Waals surface area contributed by atoms with E-state index in [1.165, 1.54) is 16.7 Å². The molecule has 4 heteroatoms. The molecule has 2 saturated carbocycles. The monoisotopic (exact) mass is 342 g/mol. The van der Waals surface area contributed by atoms with Crippen LogP contribution < -0.4 is 10.6 Å². The van der Waals surface area contributed by atoms with E-state index in [0.29, 0.717) is 6.54 Å². The first-order valence-electron chi connectivity index (χ1n) is 9.67. The second-order valence-electron chi connectivity index (χ2n) is 7.80. The second kappa shape index (κ2) is 8.03. The third-order valence-corrected chi connectivity index (χ3v) is 5.58. The van der Waals surface area contributed by atoms with E-state index in [2.05, 4.69) is 42.7 Å². The lowest BCUT2D eigenvalue weighted by Crippen LogP contribution is -2.41. The van der Waals surface area contributed by atoms with Gasteiger partial charge in [0.25, 0.3) is 0 Å². The standard InChI is InChI=1S/C21H30N2O2/c1-14-3-4-16(15(2)13-14)11-12-22-20(24)17-7-9-19(10-8-17)23-21(25)18-5-6-18/h3-4,13,17-19H,5-12H2,1-2H3,(H,22,24)(H,23,25). The van der Waals surface area contributed by atoms with Crippen molar-refractivity contribution in [1.29, 1.82) is 0 Å². The molecule has 2 N–H and O–H groups in total. The van der Waals surface area contributed by atoms with Gasteiger partial charge in [-0.05, 0) is 69.9 Å². The van der Waals surface area contributed by atoms with Crippen molar-refractivity contribution in [2.45, 2.75) is 64.8 Å². The Morgan fingerprint density at radius 3 is 2.24 bits per heavy atom. The van der Waals surface area contributed by atoms with Crippen LogP contribution in [0.3, 0.4) is 0 Å². The molecule has 2 amide bonds. The smallest absolute Gasteiger partial charge is 0.223 e. The Balaban J connectivity index is 1.36. The van der Waals surface area contributed by atoms with Gasteiger partial charge in [-0.15, -0.1) is 0 Å². The number of rotatable bonds is 6. The van der Waals surface area contributed by atoms with Gasteiger partial charge in [0, 0.05) is 24.4 Å². The van der Waals surface area contributed by atoms with Crippen LogP contribution in [0.15, 0.2) is 18.2 Å². The van der Waals surface area contributed by atoms with Gasteiger partial charge >= 0.3 is 0 Å². The van der Waals surface area contributed by atoms with Crippen LogP contribution in [0, 0.1) is 25.7 Å². The Labute approximate surface area is 150 Å². The van der Waals surface area contributed by atoms with E-state index in [-0.39, 0.29) is 29.7 Å². The van der Waals surface area contributed by atoms with Crippen LogP contribution in [-0.2, 0) is 16.0 Å².